The van der Waals surface area contributed by atoms with Crippen LogP contribution in [0.2, 0.25) is 0 Å². The van der Waals surface area contributed by atoms with E-state index in [9.17, 15) is 0 Å². The first-order chi connectivity index (χ1) is 5.52. The summed E-state index contributed by atoms with van der Waals surface area (Å²) in [6, 6.07) is 2.10. The molecule has 5 heteroatoms. The van der Waals surface area contributed by atoms with Gasteiger partial charge in [-0.05, 0) is 0 Å². The zero-order valence-corrected chi connectivity index (χ0v) is 7.34. The Labute approximate surface area is 78.8 Å². The quantitative estimate of drug-likeness (QED) is 0.621. The Hall–Kier alpha value is -0.800. The second-order valence-electron chi connectivity index (χ2n) is 2.20. The zero-order valence-electron chi connectivity index (χ0n) is 5.83. The van der Waals surface area contributed by atoms with Crippen LogP contribution in [0.3, 0.4) is 0 Å². The molecule has 1 aromatic carbocycles. The lowest BCUT2D eigenvalue weighted by molar-refractivity contribution is 0.421. The van der Waals surface area contributed by atoms with Crippen molar-refractivity contribution in [3.05, 3.63) is 17.7 Å². The van der Waals surface area contributed by atoms with Crippen LogP contribution in [0.25, 0.3) is 0 Å². The maximum atomic E-state index is 9.15. The van der Waals surface area contributed by atoms with Crippen molar-refractivity contribution >= 4 is 23.2 Å². The minimum atomic E-state index is -1.02. The number of aromatic hydroxyl groups is 3. The smallest absolute Gasteiger partial charge is 0.139 e. The summed E-state index contributed by atoms with van der Waals surface area (Å²) in [7, 11) is 0. The second-order valence-corrected chi connectivity index (χ2v) is 3.29. The molecule has 3 N–H and O–H groups in total. The van der Waals surface area contributed by atoms with Crippen LogP contribution in [0.4, 0.5) is 0 Å². The molecule has 0 atom stereocenters. The van der Waals surface area contributed by atoms with E-state index >= 15 is 0 Å². The average Bonchev–Trinajstić information content (AvgIpc) is 1.82. The molecule has 0 aromatic heterocycles. The fraction of sp³-hybridized carbons (Fsp3) is 0.143. The minimum Gasteiger partial charge on any atom is -0.508 e. The molecule has 1 aromatic rings. The molecular weight excluding hydrogens is 203 g/mol. The molecule has 0 bridgehead atoms. The van der Waals surface area contributed by atoms with Crippen LogP contribution in [-0.4, -0.2) is 15.3 Å². The van der Waals surface area contributed by atoms with Gasteiger partial charge in [0.25, 0.3) is 0 Å². The Morgan fingerprint density at radius 3 is 1.75 bits per heavy atom. The first kappa shape index (κ1) is 9.29. The van der Waals surface area contributed by atoms with E-state index in [1.54, 1.807) is 0 Å². The summed E-state index contributed by atoms with van der Waals surface area (Å²) in [6.07, 6.45) is 0. The number of alkyl halides is 2. The third-order valence-corrected chi connectivity index (χ3v) is 1.78. The summed E-state index contributed by atoms with van der Waals surface area (Å²) < 4.78 is 0. The number of hydrogen-bond acceptors (Lipinski definition) is 3. The highest BCUT2D eigenvalue weighted by Gasteiger charge is 2.15. The van der Waals surface area contributed by atoms with Crippen molar-refractivity contribution in [3.8, 4) is 17.2 Å². The monoisotopic (exact) mass is 208 g/mol. The Balaban J connectivity index is 3.28. The first-order valence-corrected chi connectivity index (χ1v) is 3.92. The van der Waals surface area contributed by atoms with E-state index in [1.807, 2.05) is 0 Å². The standard InChI is InChI=1S/C7H6Cl2O3/c8-7(9)6-4(11)1-3(10)2-5(6)12/h1-2,7,10-12H. The van der Waals surface area contributed by atoms with Crippen molar-refractivity contribution in [1.29, 1.82) is 0 Å². The fourth-order valence-corrected chi connectivity index (χ4v) is 1.28. The van der Waals surface area contributed by atoms with Gasteiger partial charge in [-0.3, -0.25) is 0 Å². The van der Waals surface area contributed by atoms with E-state index in [-0.39, 0.29) is 22.8 Å². The lowest BCUT2D eigenvalue weighted by Crippen LogP contribution is -1.84. The van der Waals surface area contributed by atoms with Gasteiger partial charge in [0, 0.05) is 12.1 Å². The van der Waals surface area contributed by atoms with Crippen molar-refractivity contribution in [3.63, 3.8) is 0 Å². The van der Waals surface area contributed by atoms with Gasteiger partial charge in [-0.15, -0.1) is 0 Å². The molecule has 0 aliphatic rings. The zero-order chi connectivity index (χ0) is 9.30. The van der Waals surface area contributed by atoms with Crippen LogP contribution in [-0.2, 0) is 0 Å². The van der Waals surface area contributed by atoms with Crippen molar-refractivity contribution in [2.24, 2.45) is 0 Å². The third-order valence-electron chi connectivity index (χ3n) is 1.34. The van der Waals surface area contributed by atoms with E-state index in [0.29, 0.717) is 0 Å². The molecule has 0 fully saturated rings. The summed E-state index contributed by atoms with van der Waals surface area (Å²) in [6.45, 7) is 0. The molecule has 12 heavy (non-hydrogen) atoms. The molecule has 0 radical (unpaired) electrons. The predicted molar refractivity (Wildman–Crippen MR) is 45.9 cm³/mol. The number of rotatable bonds is 1. The highest BCUT2D eigenvalue weighted by molar-refractivity contribution is 6.44. The second kappa shape index (κ2) is 3.29. The Morgan fingerprint density at radius 1 is 1.00 bits per heavy atom. The lowest BCUT2D eigenvalue weighted by atomic mass is 10.2. The van der Waals surface area contributed by atoms with Gasteiger partial charge in [-0.25, -0.2) is 0 Å². The van der Waals surface area contributed by atoms with E-state index in [1.165, 1.54) is 0 Å². The molecule has 0 unspecified atom stereocenters. The topological polar surface area (TPSA) is 60.7 Å². The molecule has 0 saturated heterocycles. The van der Waals surface area contributed by atoms with Crippen LogP contribution >= 0.6 is 23.2 Å². The highest BCUT2D eigenvalue weighted by Crippen LogP contribution is 2.40. The molecule has 0 aliphatic carbocycles. The van der Waals surface area contributed by atoms with Gasteiger partial charge in [0.05, 0.1) is 5.56 Å². The normalized spacial score (nSPS) is 10.6. The van der Waals surface area contributed by atoms with Crippen molar-refractivity contribution < 1.29 is 15.3 Å². The number of benzene rings is 1. The van der Waals surface area contributed by atoms with Crippen molar-refractivity contribution in [1.82, 2.24) is 0 Å². The summed E-state index contributed by atoms with van der Waals surface area (Å²) in [4.78, 5) is -1.02. The van der Waals surface area contributed by atoms with Crippen LogP contribution in [0.1, 0.15) is 10.4 Å². The van der Waals surface area contributed by atoms with Crippen LogP contribution < -0.4 is 0 Å². The largest absolute Gasteiger partial charge is 0.508 e. The lowest BCUT2D eigenvalue weighted by Gasteiger charge is -2.07. The summed E-state index contributed by atoms with van der Waals surface area (Å²) >= 11 is 10.9. The minimum absolute atomic E-state index is 0.00358. The molecule has 0 spiro atoms. The molecule has 0 aliphatic heterocycles. The number of halogens is 2. The maximum Gasteiger partial charge on any atom is 0.139 e. The van der Waals surface area contributed by atoms with E-state index < -0.39 is 4.84 Å². The molecule has 0 amide bonds. The van der Waals surface area contributed by atoms with Gasteiger partial charge in [0.1, 0.15) is 22.1 Å². The number of phenolic OH excluding ortho intramolecular Hbond substituents is 3. The molecule has 66 valence electrons. The third kappa shape index (κ3) is 1.68. The Morgan fingerprint density at radius 2 is 1.42 bits per heavy atom. The fourth-order valence-electron chi connectivity index (χ4n) is 0.832. The summed E-state index contributed by atoms with van der Waals surface area (Å²) in [5, 5.41) is 27.2. The van der Waals surface area contributed by atoms with Gasteiger partial charge in [0.2, 0.25) is 0 Å². The number of hydrogen-bond donors (Lipinski definition) is 3. The van der Waals surface area contributed by atoms with Gasteiger partial charge in [-0.2, -0.15) is 0 Å². The molecule has 1 rings (SSSR count). The molecule has 0 saturated carbocycles. The molecular formula is C7H6Cl2O3. The van der Waals surface area contributed by atoms with E-state index in [0.717, 1.165) is 12.1 Å². The van der Waals surface area contributed by atoms with E-state index in [2.05, 4.69) is 0 Å². The van der Waals surface area contributed by atoms with Crippen molar-refractivity contribution in [2.45, 2.75) is 4.84 Å². The van der Waals surface area contributed by atoms with Gasteiger partial charge in [0.15, 0.2) is 0 Å². The average molecular weight is 209 g/mol. The summed E-state index contributed by atoms with van der Waals surface area (Å²) in [5.74, 6) is -0.910. The molecule has 3 nitrogen and oxygen atoms in total. The Kier molecular flexibility index (Phi) is 2.55. The predicted octanol–water partition coefficient (Wildman–Crippen LogP) is 2.28. The van der Waals surface area contributed by atoms with Crippen LogP contribution in [0.5, 0.6) is 17.2 Å². The van der Waals surface area contributed by atoms with E-state index in [4.69, 9.17) is 38.5 Å². The van der Waals surface area contributed by atoms with Gasteiger partial charge < -0.3 is 15.3 Å². The summed E-state index contributed by atoms with van der Waals surface area (Å²) in [5.41, 5.74) is -0.00358. The highest BCUT2D eigenvalue weighted by atomic mass is 35.5. The SMILES string of the molecule is Oc1cc(O)c(C(Cl)Cl)c(O)c1. The van der Waals surface area contributed by atoms with Gasteiger partial charge >= 0.3 is 0 Å². The number of phenols is 3. The van der Waals surface area contributed by atoms with Crippen molar-refractivity contribution in [2.75, 3.05) is 0 Å². The van der Waals surface area contributed by atoms with Gasteiger partial charge in [-0.1, -0.05) is 23.2 Å². The Bertz CT molecular complexity index is 276. The maximum absolute atomic E-state index is 9.15. The first-order valence-electron chi connectivity index (χ1n) is 3.05. The molecule has 0 heterocycles. The van der Waals surface area contributed by atoms with Crippen LogP contribution in [0, 0.1) is 0 Å². The van der Waals surface area contributed by atoms with Crippen LogP contribution in [0.15, 0.2) is 12.1 Å².